The summed E-state index contributed by atoms with van der Waals surface area (Å²) in [7, 11) is 0. The zero-order valence-electron chi connectivity index (χ0n) is 13.2. The van der Waals surface area contributed by atoms with Crippen molar-refractivity contribution in [3.63, 3.8) is 0 Å². The maximum Gasteiger partial charge on any atom is 0.259 e. The van der Waals surface area contributed by atoms with E-state index in [0.717, 1.165) is 25.7 Å². The summed E-state index contributed by atoms with van der Waals surface area (Å²) in [6.45, 7) is 4.57. The van der Waals surface area contributed by atoms with Crippen molar-refractivity contribution < 1.29 is 4.79 Å². The molecule has 6 heteroatoms. The van der Waals surface area contributed by atoms with Crippen LogP contribution in [0.15, 0.2) is 12.1 Å². The number of amides is 1. The third kappa shape index (κ3) is 2.16. The Morgan fingerprint density at radius 3 is 2.61 bits per heavy atom. The Morgan fingerprint density at radius 1 is 1.39 bits per heavy atom. The summed E-state index contributed by atoms with van der Waals surface area (Å²) in [6, 6.07) is 5.49. The molecule has 1 aromatic rings. The normalized spacial score (nSPS) is 19.7. The monoisotopic (exact) mass is 347 g/mol. The van der Waals surface area contributed by atoms with Crippen LogP contribution in [0.25, 0.3) is 0 Å². The second kappa shape index (κ2) is 5.77. The molecule has 0 radical (unpaired) electrons. The minimum absolute atomic E-state index is 0.0470. The van der Waals surface area contributed by atoms with Gasteiger partial charge in [-0.3, -0.25) is 9.69 Å². The Balaban J connectivity index is 2.11. The zero-order chi connectivity index (χ0) is 16.8. The summed E-state index contributed by atoms with van der Waals surface area (Å²) in [5.41, 5.74) is 1.32. The van der Waals surface area contributed by atoms with Crippen LogP contribution in [-0.4, -0.2) is 28.0 Å². The van der Waals surface area contributed by atoms with Gasteiger partial charge in [0.15, 0.2) is 5.11 Å². The van der Waals surface area contributed by atoms with Gasteiger partial charge in [-0.2, -0.15) is 5.26 Å². The lowest BCUT2D eigenvalue weighted by molar-refractivity contribution is -0.124. The van der Waals surface area contributed by atoms with Gasteiger partial charge < -0.3 is 4.90 Å². The number of thiocarbonyl (C=S) groups is 1. The number of likely N-dealkylation sites (N-methyl/N-ethyl adjacent to an activating group) is 1. The van der Waals surface area contributed by atoms with E-state index in [1.807, 2.05) is 13.8 Å². The highest BCUT2D eigenvalue weighted by molar-refractivity contribution is 7.80. The van der Waals surface area contributed by atoms with Crippen molar-refractivity contribution in [2.24, 2.45) is 0 Å². The van der Waals surface area contributed by atoms with Crippen LogP contribution in [0, 0.1) is 18.3 Å². The quantitative estimate of drug-likeness (QED) is 0.764. The fourth-order valence-electron chi connectivity index (χ4n) is 3.81. The molecule has 1 aliphatic heterocycles. The highest BCUT2D eigenvalue weighted by Crippen LogP contribution is 2.44. The first kappa shape index (κ1) is 16.2. The van der Waals surface area contributed by atoms with Crippen LogP contribution < -0.4 is 4.90 Å². The molecule has 3 rings (SSSR count). The first-order chi connectivity index (χ1) is 11.0. The van der Waals surface area contributed by atoms with Crippen LogP contribution in [-0.2, 0) is 4.79 Å². The van der Waals surface area contributed by atoms with Gasteiger partial charge in [0.25, 0.3) is 5.91 Å². The summed E-state index contributed by atoms with van der Waals surface area (Å²) >= 11 is 11.9. The van der Waals surface area contributed by atoms with E-state index in [2.05, 4.69) is 11.0 Å². The largest absolute Gasteiger partial charge is 0.334 e. The Morgan fingerprint density at radius 2 is 2.04 bits per heavy atom. The molecular weight excluding hydrogens is 330 g/mol. The average Bonchev–Trinajstić information content (AvgIpc) is 3.09. The fraction of sp³-hybridized carbons (Fsp3) is 0.471. The number of carbonyl (C=O) groups excluding carboxylic acids is 1. The van der Waals surface area contributed by atoms with Crippen molar-refractivity contribution in [1.29, 1.82) is 5.26 Å². The lowest BCUT2D eigenvalue weighted by Gasteiger charge is -2.31. The molecule has 0 atom stereocenters. The number of anilines is 1. The number of rotatable bonds is 2. The summed E-state index contributed by atoms with van der Waals surface area (Å²) in [5.74, 6) is 0.0470. The van der Waals surface area contributed by atoms with Crippen molar-refractivity contribution in [2.45, 2.75) is 45.1 Å². The molecule has 1 spiro atoms. The summed E-state index contributed by atoms with van der Waals surface area (Å²) in [6.07, 6.45) is 3.79. The first-order valence-corrected chi connectivity index (χ1v) is 8.62. The van der Waals surface area contributed by atoms with E-state index in [1.165, 1.54) is 0 Å². The molecule has 0 unspecified atom stereocenters. The van der Waals surface area contributed by atoms with E-state index in [9.17, 15) is 4.79 Å². The molecular formula is C17H18ClN3OS. The predicted octanol–water partition coefficient (Wildman–Crippen LogP) is 3.79. The van der Waals surface area contributed by atoms with Gasteiger partial charge in [-0.15, -0.1) is 0 Å². The molecule has 1 aliphatic carbocycles. The van der Waals surface area contributed by atoms with Crippen LogP contribution in [0.1, 0.15) is 43.7 Å². The summed E-state index contributed by atoms with van der Waals surface area (Å²) < 4.78 is 0. The highest BCUT2D eigenvalue weighted by atomic mass is 35.5. The number of nitrogens with zero attached hydrogens (tertiary/aromatic N) is 3. The third-order valence-corrected chi connectivity index (χ3v) is 5.90. The molecule has 1 heterocycles. The van der Waals surface area contributed by atoms with Crippen LogP contribution in [0.2, 0.25) is 5.02 Å². The first-order valence-electron chi connectivity index (χ1n) is 7.83. The highest BCUT2D eigenvalue weighted by Gasteiger charge is 2.56. The van der Waals surface area contributed by atoms with Gasteiger partial charge in [-0.1, -0.05) is 24.4 Å². The van der Waals surface area contributed by atoms with Crippen LogP contribution in [0.4, 0.5) is 5.69 Å². The Bertz CT molecular complexity index is 734. The second-order valence-electron chi connectivity index (χ2n) is 6.09. The number of nitriles is 1. The molecule has 2 aliphatic rings. The molecule has 23 heavy (non-hydrogen) atoms. The van der Waals surface area contributed by atoms with E-state index >= 15 is 0 Å². The third-order valence-electron chi connectivity index (χ3n) is 5.01. The lowest BCUT2D eigenvalue weighted by Crippen LogP contribution is -2.47. The molecule has 0 N–H and O–H groups in total. The van der Waals surface area contributed by atoms with Crippen LogP contribution in [0.3, 0.4) is 0 Å². The predicted molar refractivity (Wildman–Crippen MR) is 94.6 cm³/mol. The van der Waals surface area contributed by atoms with Gasteiger partial charge in [0.2, 0.25) is 0 Å². The van der Waals surface area contributed by atoms with Gasteiger partial charge in [0.05, 0.1) is 16.3 Å². The molecule has 0 bridgehead atoms. The van der Waals surface area contributed by atoms with Crippen LogP contribution >= 0.6 is 23.8 Å². The van der Waals surface area contributed by atoms with Gasteiger partial charge in [-0.25, -0.2) is 0 Å². The minimum atomic E-state index is -0.487. The van der Waals surface area contributed by atoms with Gasteiger partial charge in [0, 0.05) is 6.54 Å². The van der Waals surface area contributed by atoms with E-state index in [-0.39, 0.29) is 5.91 Å². The van der Waals surface area contributed by atoms with Crippen molar-refractivity contribution in [3.05, 3.63) is 28.3 Å². The molecule has 4 nitrogen and oxygen atoms in total. The van der Waals surface area contributed by atoms with Gasteiger partial charge in [-0.05, 0) is 56.6 Å². The fourth-order valence-corrected chi connectivity index (χ4v) is 4.50. The molecule has 120 valence electrons. The Labute approximate surface area is 146 Å². The molecule has 1 saturated carbocycles. The topological polar surface area (TPSA) is 47.3 Å². The van der Waals surface area contributed by atoms with Crippen molar-refractivity contribution in [3.8, 4) is 6.07 Å². The zero-order valence-corrected chi connectivity index (χ0v) is 14.8. The average molecular weight is 348 g/mol. The maximum atomic E-state index is 13.2. The van der Waals surface area contributed by atoms with Crippen molar-refractivity contribution >= 4 is 40.5 Å². The van der Waals surface area contributed by atoms with Crippen molar-refractivity contribution in [2.75, 3.05) is 11.4 Å². The van der Waals surface area contributed by atoms with E-state index in [0.29, 0.717) is 33.5 Å². The number of halogens is 1. The molecule has 0 aromatic heterocycles. The molecule has 1 amide bonds. The smallest absolute Gasteiger partial charge is 0.259 e. The summed E-state index contributed by atoms with van der Waals surface area (Å²) in [5, 5.41) is 10.0. The number of hydrogen-bond acceptors (Lipinski definition) is 3. The van der Waals surface area contributed by atoms with Crippen molar-refractivity contribution in [1.82, 2.24) is 4.90 Å². The van der Waals surface area contributed by atoms with E-state index in [1.54, 1.807) is 17.0 Å². The number of benzene rings is 1. The standard InChI is InChI=1S/C17H18ClN3OS/c1-3-20-16(23)21(15(22)17(20)8-4-5-9-17)13-7-6-12(10-19)14(18)11(13)2/h6-7H,3-5,8-9H2,1-2H3. The second-order valence-corrected chi connectivity index (χ2v) is 6.83. The maximum absolute atomic E-state index is 13.2. The summed E-state index contributed by atoms with van der Waals surface area (Å²) in [4.78, 5) is 16.9. The van der Waals surface area contributed by atoms with Gasteiger partial charge >= 0.3 is 0 Å². The number of hydrogen-bond donors (Lipinski definition) is 0. The minimum Gasteiger partial charge on any atom is -0.334 e. The molecule has 2 fully saturated rings. The molecule has 1 aromatic carbocycles. The van der Waals surface area contributed by atoms with E-state index in [4.69, 9.17) is 29.1 Å². The SMILES string of the molecule is CCN1C(=S)N(c2ccc(C#N)c(Cl)c2C)C(=O)C12CCCC2. The van der Waals surface area contributed by atoms with Gasteiger partial charge in [0.1, 0.15) is 11.6 Å². The van der Waals surface area contributed by atoms with E-state index < -0.39 is 5.54 Å². The Hall–Kier alpha value is -1.64. The van der Waals surface area contributed by atoms with Crippen LogP contribution in [0.5, 0.6) is 0 Å². The molecule has 1 saturated heterocycles. The lowest BCUT2D eigenvalue weighted by atomic mass is 9.95. The Kier molecular flexibility index (Phi) is 4.07. The number of carbonyl (C=O) groups is 1.